The van der Waals surface area contributed by atoms with Crippen molar-refractivity contribution in [3.8, 4) is 11.5 Å². The molecule has 0 radical (unpaired) electrons. The second-order valence-corrected chi connectivity index (χ2v) is 5.84. The van der Waals surface area contributed by atoms with Gasteiger partial charge >= 0.3 is 8.80 Å². The second-order valence-electron chi connectivity index (χ2n) is 3.61. The van der Waals surface area contributed by atoms with E-state index in [0.29, 0.717) is 25.4 Å². The molecule has 1 aromatic rings. The van der Waals surface area contributed by atoms with Gasteiger partial charge in [-0.2, -0.15) is 0 Å². The number of halogens is 1. The third-order valence-corrected chi connectivity index (χ3v) is 4.64. The molecule has 0 saturated heterocycles. The van der Waals surface area contributed by atoms with Gasteiger partial charge < -0.3 is 13.3 Å². The summed E-state index contributed by atoms with van der Waals surface area (Å²) in [6.45, 7) is 7.05. The van der Waals surface area contributed by atoms with Crippen molar-refractivity contribution in [2.24, 2.45) is 0 Å². The lowest BCUT2D eigenvalue weighted by Gasteiger charge is -2.22. The maximum absolute atomic E-state index is 12.8. The minimum atomic E-state index is -2.95. The fourth-order valence-corrected chi connectivity index (χ4v) is 3.39. The van der Waals surface area contributed by atoms with Gasteiger partial charge in [0.25, 0.3) is 0 Å². The van der Waals surface area contributed by atoms with Gasteiger partial charge in [0.15, 0.2) is 0 Å². The summed E-state index contributed by atoms with van der Waals surface area (Å²) in [6.07, 6.45) is 0. The Morgan fingerprint density at radius 1 is 0.947 bits per heavy atom. The maximum atomic E-state index is 12.8. The monoisotopic (exact) mass is 282 g/mol. The molecule has 0 atom stereocenters. The molecule has 0 aromatic heterocycles. The smallest absolute Gasteiger partial charge is 0.364 e. The van der Waals surface area contributed by atoms with E-state index in [1.807, 2.05) is 20.8 Å². The molecule has 0 fully saturated rings. The summed E-state index contributed by atoms with van der Waals surface area (Å²) >= 11 is 0. The van der Waals surface area contributed by atoms with Crippen molar-refractivity contribution >= 4 is 8.80 Å². The fraction of sp³-hybridized carbons (Fsp3) is 0.429. The first-order valence-corrected chi connectivity index (χ1v) is 8.08. The lowest BCUT2D eigenvalue weighted by atomic mass is 10.2. The lowest BCUT2D eigenvalue weighted by Crippen LogP contribution is -2.45. The normalized spacial score (nSPS) is 10.9. The summed E-state index contributed by atoms with van der Waals surface area (Å²) in [7, 11) is -2.95. The predicted octanol–water partition coefficient (Wildman–Crippen LogP) is 2.76. The third kappa shape index (κ3) is 5.13. The van der Waals surface area contributed by atoms with Gasteiger partial charge in [0.2, 0.25) is 0 Å². The average molecular weight is 282 g/mol. The van der Waals surface area contributed by atoms with E-state index in [2.05, 4.69) is 11.5 Å². The highest BCUT2D eigenvalue weighted by molar-refractivity contribution is 6.69. The van der Waals surface area contributed by atoms with Gasteiger partial charge in [-0.1, -0.05) is 5.92 Å². The zero-order chi connectivity index (χ0) is 14.1. The molecule has 0 aliphatic heterocycles. The highest BCUT2D eigenvalue weighted by atomic mass is 28.4. The quantitative estimate of drug-likeness (QED) is 0.593. The molecule has 0 unspecified atom stereocenters. The Labute approximate surface area is 115 Å². The van der Waals surface area contributed by atoms with Gasteiger partial charge in [-0.15, -0.1) is 0 Å². The zero-order valence-electron chi connectivity index (χ0n) is 11.5. The molecule has 0 aliphatic rings. The zero-order valence-corrected chi connectivity index (χ0v) is 12.5. The van der Waals surface area contributed by atoms with Crippen LogP contribution in [0, 0.1) is 17.3 Å². The van der Waals surface area contributed by atoms with E-state index in [0.717, 1.165) is 0 Å². The van der Waals surface area contributed by atoms with E-state index in [-0.39, 0.29) is 5.82 Å². The van der Waals surface area contributed by atoms with E-state index < -0.39 is 8.80 Å². The number of benzene rings is 1. The van der Waals surface area contributed by atoms with E-state index in [9.17, 15) is 4.39 Å². The van der Waals surface area contributed by atoms with Crippen LogP contribution in [0.5, 0.6) is 0 Å². The van der Waals surface area contributed by atoms with Gasteiger partial charge in [0.05, 0.1) is 0 Å². The predicted molar refractivity (Wildman–Crippen MR) is 73.9 cm³/mol. The van der Waals surface area contributed by atoms with Crippen molar-refractivity contribution in [2.45, 2.75) is 20.8 Å². The minimum Gasteiger partial charge on any atom is -0.364 e. The van der Waals surface area contributed by atoms with E-state index in [4.69, 9.17) is 13.3 Å². The summed E-state index contributed by atoms with van der Waals surface area (Å²) < 4.78 is 29.6. The Bertz CT molecular complexity index is 419. The molecule has 0 saturated carbocycles. The molecular weight excluding hydrogens is 263 g/mol. The summed E-state index contributed by atoms with van der Waals surface area (Å²) in [6, 6.07) is 5.97. The summed E-state index contributed by atoms with van der Waals surface area (Å²) in [5.41, 5.74) is 3.68. The van der Waals surface area contributed by atoms with Gasteiger partial charge in [-0.25, -0.2) is 4.39 Å². The molecule has 1 rings (SSSR count). The maximum Gasteiger partial charge on any atom is 0.591 e. The molecule has 0 N–H and O–H groups in total. The van der Waals surface area contributed by atoms with E-state index in [1.165, 1.54) is 12.1 Å². The minimum absolute atomic E-state index is 0.284. The van der Waals surface area contributed by atoms with Crippen LogP contribution in [0.2, 0.25) is 0 Å². The van der Waals surface area contributed by atoms with Gasteiger partial charge in [0.1, 0.15) is 5.82 Å². The van der Waals surface area contributed by atoms with Crippen LogP contribution in [0.1, 0.15) is 26.3 Å². The standard InChI is InChI=1S/C14H19FO3Si/c1-4-16-19(17-5-2,18-6-3)12-11-13-7-9-14(15)10-8-13/h7-10H,4-6H2,1-3H3. The molecule has 0 amide bonds. The summed E-state index contributed by atoms with van der Waals surface area (Å²) in [5.74, 6) is 2.65. The number of hydrogen-bond acceptors (Lipinski definition) is 3. The molecule has 1 aromatic carbocycles. The third-order valence-electron chi connectivity index (χ3n) is 2.21. The molecule has 3 nitrogen and oxygen atoms in total. The Morgan fingerprint density at radius 2 is 1.42 bits per heavy atom. The largest absolute Gasteiger partial charge is 0.591 e. The summed E-state index contributed by atoms with van der Waals surface area (Å²) in [5, 5.41) is 0. The Hall–Kier alpha value is -1.19. The van der Waals surface area contributed by atoms with Crippen LogP contribution in [0.25, 0.3) is 0 Å². The van der Waals surface area contributed by atoms with Crippen LogP contribution in [0.15, 0.2) is 24.3 Å². The van der Waals surface area contributed by atoms with Crippen molar-refractivity contribution in [3.05, 3.63) is 35.6 Å². The molecular formula is C14H19FO3Si. The molecule has 0 heterocycles. The lowest BCUT2D eigenvalue weighted by molar-refractivity contribution is 0.0870. The van der Waals surface area contributed by atoms with Crippen LogP contribution in [-0.2, 0) is 13.3 Å². The molecule has 0 bridgehead atoms. The van der Waals surface area contributed by atoms with Crippen LogP contribution in [0.4, 0.5) is 4.39 Å². The van der Waals surface area contributed by atoms with Gasteiger partial charge in [0, 0.05) is 25.4 Å². The number of hydrogen-bond donors (Lipinski definition) is 0. The highest BCUT2D eigenvalue weighted by Crippen LogP contribution is 2.09. The van der Waals surface area contributed by atoms with Crippen LogP contribution in [-0.4, -0.2) is 28.6 Å². The van der Waals surface area contributed by atoms with Crippen LogP contribution in [0.3, 0.4) is 0 Å². The first kappa shape index (κ1) is 15.9. The van der Waals surface area contributed by atoms with Crippen LogP contribution < -0.4 is 0 Å². The van der Waals surface area contributed by atoms with Crippen molar-refractivity contribution in [3.63, 3.8) is 0 Å². The first-order valence-electron chi connectivity index (χ1n) is 6.36. The van der Waals surface area contributed by atoms with Crippen molar-refractivity contribution < 1.29 is 17.7 Å². The van der Waals surface area contributed by atoms with Crippen LogP contribution >= 0.6 is 0 Å². The molecule has 0 spiro atoms. The average Bonchev–Trinajstić information content (AvgIpc) is 2.39. The van der Waals surface area contributed by atoms with Crippen molar-refractivity contribution in [1.82, 2.24) is 0 Å². The van der Waals surface area contributed by atoms with Crippen molar-refractivity contribution in [1.29, 1.82) is 0 Å². The number of rotatable bonds is 6. The van der Waals surface area contributed by atoms with Crippen molar-refractivity contribution in [2.75, 3.05) is 19.8 Å². The van der Waals surface area contributed by atoms with Gasteiger partial charge in [-0.3, -0.25) is 0 Å². The summed E-state index contributed by atoms with van der Waals surface area (Å²) in [4.78, 5) is 0. The highest BCUT2D eigenvalue weighted by Gasteiger charge is 2.39. The van der Waals surface area contributed by atoms with E-state index in [1.54, 1.807) is 12.1 Å². The Morgan fingerprint density at radius 3 is 1.84 bits per heavy atom. The molecule has 19 heavy (non-hydrogen) atoms. The Balaban J connectivity index is 2.95. The topological polar surface area (TPSA) is 27.7 Å². The van der Waals surface area contributed by atoms with Gasteiger partial charge in [-0.05, 0) is 50.6 Å². The SMILES string of the molecule is CCO[Si](C#Cc1ccc(F)cc1)(OCC)OCC. The molecule has 5 heteroatoms. The van der Waals surface area contributed by atoms with E-state index >= 15 is 0 Å². The fourth-order valence-electron chi connectivity index (χ4n) is 1.49. The molecule has 104 valence electrons. The molecule has 0 aliphatic carbocycles. The second kappa shape index (κ2) is 8.07. The Kier molecular flexibility index (Phi) is 6.74. The first-order chi connectivity index (χ1) is 9.15.